The molecule has 6 heteroatoms. The molecule has 100 valence electrons. The average molecular weight is 244 g/mol. The number of carbonyl (C=O) groups excluding carboxylic acids is 2. The van der Waals surface area contributed by atoms with Crippen LogP contribution in [0.25, 0.3) is 0 Å². The normalized spacial score (nSPS) is 21.2. The predicted molar refractivity (Wildman–Crippen MR) is 67.3 cm³/mol. The first kappa shape index (κ1) is 13.8. The van der Waals surface area contributed by atoms with Crippen molar-refractivity contribution in [2.75, 3.05) is 26.2 Å². The molecule has 0 spiro atoms. The fourth-order valence-corrected chi connectivity index (χ4v) is 2.11. The van der Waals surface area contributed by atoms with E-state index in [9.17, 15) is 9.59 Å². The molecular weight excluding hydrogens is 220 g/mol. The molecule has 0 saturated carbocycles. The van der Waals surface area contributed by atoms with Crippen molar-refractivity contribution in [3.05, 3.63) is 0 Å². The summed E-state index contributed by atoms with van der Waals surface area (Å²) in [6.07, 6.45) is 3.44. The summed E-state index contributed by atoms with van der Waals surface area (Å²) in [6, 6.07) is -0.927. The van der Waals surface area contributed by atoms with E-state index in [0.29, 0.717) is 13.1 Å². The molecule has 0 aliphatic carbocycles. The molecule has 0 radical (unpaired) electrons. The Morgan fingerprint density at radius 1 is 1.12 bits per heavy atom. The van der Waals surface area contributed by atoms with Crippen LogP contribution < -0.4 is 5.73 Å². The number of rotatable bonds is 1. The Labute approximate surface area is 104 Å². The van der Waals surface area contributed by atoms with E-state index in [4.69, 9.17) is 5.73 Å². The first-order valence-corrected chi connectivity index (χ1v) is 6.33. The van der Waals surface area contributed by atoms with Crippen LogP contribution >= 0.6 is 0 Å². The van der Waals surface area contributed by atoms with Gasteiger partial charge in [-0.2, -0.15) is 0 Å². The van der Waals surface area contributed by atoms with Crippen LogP contribution in [0.5, 0.6) is 0 Å². The second-order valence-corrected chi connectivity index (χ2v) is 3.91. The van der Waals surface area contributed by atoms with Gasteiger partial charge in [-0.1, -0.05) is 20.3 Å². The van der Waals surface area contributed by atoms with Crippen LogP contribution in [0.3, 0.4) is 0 Å². The molecular formula is C11H24N4O2. The van der Waals surface area contributed by atoms with Crippen LogP contribution in [0.15, 0.2) is 0 Å². The summed E-state index contributed by atoms with van der Waals surface area (Å²) in [7, 11) is 0. The number of hydrogen-bond acceptors (Lipinski definition) is 3. The highest BCUT2D eigenvalue weighted by atomic mass is 16.2. The monoisotopic (exact) mass is 244 g/mol. The second kappa shape index (κ2) is 6.44. The Hall–Kier alpha value is -1.30. The van der Waals surface area contributed by atoms with Gasteiger partial charge in [0.05, 0.1) is 13.1 Å². The summed E-state index contributed by atoms with van der Waals surface area (Å²) in [5.74, 6) is 0. The molecule has 0 aromatic rings. The fraction of sp³-hybridized carbons (Fsp3) is 0.818. The van der Waals surface area contributed by atoms with Gasteiger partial charge in [-0.05, 0) is 12.8 Å². The van der Waals surface area contributed by atoms with Crippen LogP contribution in [-0.2, 0) is 0 Å². The molecule has 0 atom stereocenters. The van der Waals surface area contributed by atoms with Crippen LogP contribution in [0, 0.1) is 0 Å². The molecule has 2 rings (SSSR count). The van der Waals surface area contributed by atoms with E-state index in [2.05, 4.69) is 0 Å². The topological polar surface area (TPSA) is 69.9 Å². The lowest BCUT2D eigenvalue weighted by Crippen LogP contribution is -2.49. The van der Waals surface area contributed by atoms with Gasteiger partial charge >= 0.3 is 12.1 Å². The maximum atomic E-state index is 11.8. The summed E-state index contributed by atoms with van der Waals surface area (Å²) in [5, 5.41) is 3.67. The predicted octanol–water partition coefficient (Wildman–Crippen LogP) is 1.48. The minimum Gasteiger partial charge on any atom is -0.351 e. The third kappa shape index (κ3) is 3.09. The van der Waals surface area contributed by atoms with Gasteiger partial charge in [0, 0.05) is 14.5 Å². The van der Waals surface area contributed by atoms with E-state index in [-0.39, 0.29) is 7.46 Å². The molecule has 2 aliphatic heterocycles. The van der Waals surface area contributed by atoms with Gasteiger partial charge in [-0.25, -0.2) is 19.5 Å². The number of hydrazine groups is 1. The highest BCUT2D eigenvalue weighted by molar-refractivity contribution is 5.93. The van der Waals surface area contributed by atoms with Gasteiger partial charge in [-0.15, -0.1) is 0 Å². The first-order valence-electron chi connectivity index (χ1n) is 6.33. The van der Waals surface area contributed by atoms with Crippen molar-refractivity contribution in [3.8, 4) is 0 Å². The molecule has 2 heterocycles. The summed E-state index contributed by atoms with van der Waals surface area (Å²) in [5.41, 5.74) is 5.10. The van der Waals surface area contributed by atoms with Crippen LogP contribution in [0.1, 0.15) is 34.5 Å². The van der Waals surface area contributed by atoms with Gasteiger partial charge in [0.1, 0.15) is 0 Å². The lowest BCUT2D eigenvalue weighted by Gasteiger charge is -2.33. The second-order valence-electron chi connectivity index (χ2n) is 3.91. The van der Waals surface area contributed by atoms with Crippen molar-refractivity contribution in [3.63, 3.8) is 0 Å². The number of nitrogens with zero attached hydrogens (tertiary/aromatic N) is 3. The van der Waals surface area contributed by atoms with Crippen LogP contribution in [0.4, 0.5) is 9.59 Å². The largest absolute Gasteiger partial charge is 0.351 e. The van der Waals surface area contributed by atoms with E-state index in [1.54, 1.807) is 5.01 Å². The number of nitrogens with two attached hydrogens (primary N) is 1. The van der Waals surface area contributed by atoms with Crippen molar-refractivity contribution in [1.82, 2.24) is 14.9 Å². The highest BCUT2D eigenvalue weighted by Crippen LogP contribution is 2.16. The Balaban J connectivity index is 0.000000917. The quantitative estimate of drug-likeness (QED) is 0.759. The minimum atomic E-state index is -0.653. The third-order valence-electron chi connectivity index (χ3n) is 2.93. The van der Waals surface area contributed by atoms with Crippen molar-refractivity contribution in [2.45, 2.75) is 33.1 Å². The van der Waals surface area contributed by atoms with Gasteiger partial charge in [-0.3, -0.25) is 5.01 Å². The maximum absolute atomic E-state index is 11.8. The number of hydrogen-bond donors (Lipinski definition) is 1. The molecule has 2 aliphatic rings. The van der Waals surface area contributed by atoms with Crippen molar-refractivity contribution < 1.29 is 11.0 Å². The molecule has 0 bridgehead atoms. The molecule has 2 N–H and O–H groups in total. The number of imide groups is 1. The fourth-order valence-electron chi connectivity index (χ4n) is 2.11. The van der Waals surface area contributed by atoms with Crippen LogP contribution in [-0.4, -0.2) is 53.2 Å². The SMILES string of the molecule is CC.NC(=O)N1CCN(N2CCCCC2)C1=O.[HH]. The van der Waals surface area contributed by atoms with E-state index in [1.807, 2.05) is 18.9 Å². The third-order valence-corrected chi connectivity index (χ3v) is 2.93. The van der Waals surface area contributed by atoms with Crippen molar-refractivity contribution >= 4 is 12.1 Å². The summed E-state index contributed by atoms with van der Waals surface area (Å²) in [6.45, 7) is 6.78. The van der Waals surface area contributed by atoms with E-state index >= 15 is 0 Å². The van der Waals surface area contributed by atoms with Gasteiger partial charge in [0.15, 0.2) is 0 Å². The lowest BCUT2D eigenvalue weighted by atomic mass is 10.2. The molecule has 4 amide bonds. The first-order chi connectivity index (χ1) is 8.20. The Morgan fingerprint density at radius 2 is 1.71 bits per heavy atom. The van der Waals surface area contributed by atoms with Gasteiger partial charge in [0.2, 0.25) is 0 Å². The zero-order chi connectivity index (χ0) is 12.8. The van der Waals surface area contributed by atoms with Crippen molar-refractivity contribution in [1.29, 1.82) is 0 Å². The molecule has 6 nitrogen and oxygen atoms in total. The standard InChI is InChI=1S/C9H16N4O2.C2H6.H2/c10-8(14)12-6-7-13(9(12)15)11-4-2-1-3-5-11;1-2;/h1-7H2,(H2,10,14);1-2H3;1H. The highest BCUT2D eigenvalue weighted by Gasteiger charge is 2.35. The van der Waals surface area contributed by atoms with Crippen molar-refractivity contribution in [2.24, 2.45) is 5.73 Å². The molecule has 0 aromatic carbocycles. The molecule has 0 aromatic heterocycles. The molecule has 2 saturated heterocycles. The number of primary amides is 1. The summed E-state index contributed by atoms with van der Waals surface area (Å²) >= 11 is 0. The minimum absolute atomic E-state index is 0. The van der Waals surface area contributed by atoms with E-state index in [1.165, 1.54) is 6.42 Å². The van der Waals surface area contributed by atoms with E-state index in [0.717, 1.165) is 30.8 Å². The Kier molecular flexibility index (Phi) is 5.21. The summed E-state index contributed by atoms with van der Waals surface area (Å²) in [4.78, 5) is 23.8. The van der Waals surface area contributed by atoms with Gasteiger partial charge < -0.3 is 5.73 Å². The maximum Gasteiger partial charge on any atom is 0.342 e. The molecule has 17 heavy (non-hydrogen) atoms. The Morgan fingerprint density at radius 3 is 2.18 bits per heavy atom. The zero-order valence-electron chi connectivity index (χ0n) is 10.7. The van der Waals surface area contributed by atoms with Gasteiger partial charge in [0.25, 0.3) is 0 Å². The number of urea groups is 2. The Bertz CT molecular complexity index is 282. The molecule has 0 unspecified atom stereocenters. The van der Waals surface area contributed by atoms with Crippen LogP contribution in [0.2, 0.25) is 0 Å². The van der Waals surface area contributed by atoms with E-state index < -0.39 is 6.03 Å². The average Bonchev–Trinajstić information content (AvgIpc) is 2.75. The molecule has 2 fully saturated rings. The number of carbonyl (C=O) groups is 2. The zero-order valence-corrected chi connectivity index (χ0v) is 10.7. The lowest BCUT2D eigenvalue weighted by molar-refractivity contribution is 0.0133. The smallest absolute Gasteiger partial charge is 0.342 e. The number of piperidine rings is 1. The summed E-state index contributed by atoms with van der Waals surface area (Å²) < 4.78 is 0. The number of amides is 4.